The highest BCUT2D eigenvalue weighted by Crippen LogP contribution is 2.43. The largest absolute Gasteiger partial charge is 0.748 e. The van der Waals surface area contributed by atoms with Gasteiger partial charge < -0.3 is 4.55 Å². The number of aromatic nitrogens is 1. The van der Waals surface area contributed by atoms with Gasteiger partial charge in [0, 0.05) is 16.9 Å². The molecule has 9 heteroatoms. The lowest BCUT2D eigenvalue weighted by Crippen LogP contribution is -2.42. The Kier molecular flexibility index (Phi) is 7.15. The van der Waals surface area contributed by atoms with Crippen LogP contribution >= 0.6 is 0 Å². The quantitative estimate of drug-likeness (QED) is 0.592. The summed E-state index contributed by atoms with van der Waals surface area (Å²) in [5.41, 5.74) is 0. The van der Waals surface area contributed by atoms with E-state index >= 15 is 0 Å². The predicted octanol–water partition coefficient (Wildman–Crippen LogP) is 3.24. The fourth-order valence-corrected chi connectivity index (χ4v) is 4.27. The van der Waals surface area contributed by atoms with E-state index in [-0.39, 0.29) is 18.8 Å². The molecule has 3 unspecified atom stereocenters. The molecule has 1 aliphatic rings. The molecule has 0 aliphatic heterocycles. The summed E-state index contributed by atoms with van der Waals surface area (Å²) < 4.78 is 82.6. The molecule has 0 radical (unpaired) electrons. The van der Waals surface area contributed by atoms with Gasteiger partial charge in [-0.2, -0.15) is 13.2 Å². The third-order valence-electron chi connectivity index (χ3n) is 4.21. The molecule has 24 heavy (non-hydrogen) atoms. The van der Waals surface area contributed by atoms with Gasteiger partial charge in [-0.1, -0.05) is 19.9 Å². The van der Waals surface area contributed by atoms with Crippen molar-refractivity contribution in [1.82, 2.24) is 0 Å². The molecule has 0 aromatic carbocycles. The molecule has 0 amide bonds. The maximum Gasteiger partial charge on any atom is 0.391 e. The molecule has 1 aliphatic carbocycles. The van der Waals surface area contributed by atoms with Gasteiger partial charge in [0.1, 0.15) is 0 Å². The third kappa shape index (κ3) is 6.35. The van der Waals surface area contributed by atoms with E-state index in [1.807, 2.05) is 0 Å². The van der Waals surface area contributed by atoms with E-state index < -0.39 is 39.8 Å². The smallest absolute Gasteiger partial charge is 0.391 e. The van der Waals surface area contributed by atoms with Crippen molar-refractivity contribution in [3.63, 3.8) is 0 Å². The monoisotopic (exact) mass is 371 g/mol. The minimum absolute atomic E-state index is 0.0850. The Morgan fingerprint density at radius 2 is 1.67 bits per heavy atom. The molecule has 1 fully saturated rings. The van der Waals surface area contributed by atoms with Crippen molar-refractivity contribution in [2.45, 2.75) is 44.5 Å². The predicted molar refractivity (Wildman–Crippen MR) is 78.4 cm³/mol. The summed E-state index contributed by atoms with van der Waals surface area (Å²) in [5.74, 6) is -2.22. The van der Waals surface area contributed by atoms with E-state index in [9.17, 15) is 30.6 Å². The van der Waals surface area contributed by atoms with Gasteiger partial charge in [0.05, 0.1) is 25.8 Å². The lowest BCUT2D eigenvalue weighted by atomic mass is 9.76. The Balaban J connectivity index is 0.000000341. The highest BCUT2D eigenvalue weighted by Gasteiger charge is 2.47. The number of pyridine rings is 1. The van der Waals surface area contributed by atoms with Gasteiger partial charge >= 0.3 is 6.18 Å². The van der Waals surface area contributed by atoms with Crippen molar-refractivity contribution < 1.29 is 35.4 Å². The van der Waals surface area contributed by atoms with Crippen molar-refractivity contribution in [2.24, 2.45) is 17.8 Å². The fourth-order valence-electron chi connectivity index (χ4n) is 2.92. The first-order valence-electron chi connectivity index (χ1n) is 7.56. The fraction of sp³-hybridized carbons (Fsp3) is 0.667. The topological polar surface area (TPSA) is 61.1 Å². The highest BCUT2D eigenvalue weighted by molar-refractivity contribution is 7.86. The normalized spacial score (nSPS) is 25.1. The first-order chi connectivity index (χ1) is 10.9. The second-order valence-corrected chi connectivity index (χ2v) is 7.80. The minimum Gasteiger partial charge on any atom is -0.748 e. The molecule has 1 saturated carbocycles. The van der Waals surface area contributed by atoms with Gasteiger partial charge in [-0.3, -0.25) is 0 Å². The van der Waals surface area contributed by atoms with Crippen LogP contribution in [0.15, 0.2) is 30.6 Å². The van der Waals surface area contributed by atoms with E-state index in [4.69, 9.17) is 0 Å². The Morgan fingerprint density at radius 1 is 1.12 bits per heavy atom. The Bertz CT molecular complexity index is 605. The summed E-state index contributed by atoms with van der Waals surface area (Å²) in [6, 6.07) is 5.01. The summed E-state index contributed by atoms with van der Waals surface area (Å²) in [6.45, 7) is 3.47. The first kappa shape index (κ1) is 20.8. The van der Waals surface area contributed by atoms with Crippen LogP contribution in [0.5, 0.6) is 0 Å². The van der Waals surface area contributed by atoms with Crippen LogP contribution in [-0.4, -0.2) is 24.4 Å². The molecule has 1 aromatic rings. The van der Waals surface area contributed by atoms with Gasteiger partial charge in [0.15, 0.2) is 0 Å². The number of rotatable bonds is 2. The summed E-state index contributed by atoms with van der Waals surface area (Å²) in [7, 11) is -4.66. The van der Waals surface area contributed by atoms with Crippen LogP contribution < -0.4 is 4.79 Å². The molecule has 1 heterocycles. The van der Waals surface area contributed by atoms with Gasteiger partial charge in [0.25, 0.3) is 0 Å². The lowest BCUT2D eigenvalue weighted by Gasteiger charge is -2.39. The van der Waals surface area contributed by atoms with Crippen molar-refractivity contribution in [3.05, 3.63) is 30.6 Å². The van der Waals surface area contributed by atoms with Crippen LogP contribution in [0.4, 0.5) is 17.7 Å². The molecule has 3 atom stereocenters. The molecule has 4 nitrogen and oxygen atoms in total. The highest BCUT2D eigenvalue weighted by atomic mass is 32.2. The molecule has 0 bridgehead atoms. The van der Waals surface area contributed by atoms with Gasteiger partial charge in [-0.05, 0) is 31.1 Å². The standard InChI is InChI=1S/C10H17F3O3S.C5H5FN/c1-6(2)8-4-3-7(10(11,12)13)5-9(8)17(14,15)16;6-7-4-2-1-3-5-7/h6-9H,3-5H2,1-2H3,(H,14,15,16);1-5H/q;+1/p-1. The van der Waals surface area contributed by atoms with Crippen LogP contribution in [0.3, 0.4) is 0 Å². The third-order valence-corrected chi connectivity index (χ3v) is 5.50. The van der Waals surface area contributed by atoms with Crippen molar-refractivity contribution in [1.29, 1.82) is 0 Å². The zero-order valence-electron chi connectivity index (χ0n) is 13.4. The molecule has 0 saturated heterocycles. The summed E-state index contributed by atoms with van der Waals surface area (Å²) in [6.07, 6.45) is -2.27. The zero-order chi connectivity index (χ0) is 18.5. The number of halogens is 4. The molecule has 138 valence electrons. The minimum atomic E-state index is -4.66. The Hall–Kier alpha value is -1.22. The van der Waals surface area contributed by atoms with Crippen LogP contribution in [0.2, 0.25) is 0 Å². The zero-order valence-corrected chi connectivity index (χ0v) is 14.2. The number of hydrogen-bond donors (Lipinski definition) is 0. The first-order valence-corrected chi connectivity index (χ1v) is 9.04. The lowest BCUT2D eigenvalue weighted by molar-refractivity contribution is -0.843. The second-order valence-electron chi connectivity index (χ2n) is 6.21. The van der Waals surface area contributed by atoms with Crippen molar-refractivity contribution in [3.8, 4) is 0 Å². The van der Waals surface area contributed by atoms with Crippen LogP contribution in [0.1, 0.15) is 33.1 Å². The van der Waals surface area contributed by atoms with E-state index in [0.717, 1.165) is 0 Å². The van der Waals surface area contributed by atoms with E-state index in [1.165, 1.54) is 12.4 Å². The number of nitrogens with zero attached hydrogens (tertiary/aromatic N) is 1. The number of alkyl halides is 3. The average Bonchev–Trinajstić information content (AvgIpc) is 2.46. The van der Waals surface area contributed by atoms with Gasteiger partial charge in [0.2, 0.25) is 12.4 Å². The van der Waals surface area contributed by atoms with Crippen molar-refractivity contribution in [2.75, 3.05) is 0 Å². The summed E-state index contributed by atoms with van der Waals surface area (Å²) in [5, 5.41) is -1.40. The van der Waals surface area contributed by atoms with Crippen LogP contribution in [0, 0.1) is 17.8 Å². The SMILES string of the molecule is CC(C)C1CCC(C(F)(F)F)CC1S(=O)(=O)[O-].F[n+]1ccccc1. The molecule has 0 spiro atoms. The molecule has 0 N–H and O–H groups in total. The van der Waals surface area contributed by atoms with Gasteiger partial charge in [-0.25, -0.2) is 8.42 Å². The number of hydrogen-bond acceptors (Lipinski definition) is 3. The van der Waals surface area contributed by atoms with Crippen LogP contribution in [-0.2, 0) is 10.1 Å². The van der Waals surface area contributed by atoms with E-state index in [0.29, 0.717) is 4.79 Å². The van der Waals surface area contributed by atoms with Crippen molar-refractivity contribution >= 4 is 10.1 Å². The second kappa shape index (κ2) is 8.24. The maximum atomic E-state index is 12.5. The van der Waals surface area contributed by atoms with Crippen LogP contribution in [0.25, 0.3) is 0 Å². The van der Waals surface area contributed by atoms with Gasteiger partial charge in [-0.15, -0.1) is 0 Å². The molecule has 1 aromatic heterocycles. The molecular formula is C15H21F4NO3S. The summed E-state index contributed by atoms with van der Waals surface area (Å²) >= 11 is 0. The average molecular weight is 371 g/mol. The van der Waals surface area contributed by atoms with E-state index in [2.05, 4.69) is 0 Å². The maximum absolute atomic E-state index is 12.5. The molecule has 2 rings (SSSR count). The molecular weight excluding hydrogens is 350 g/mol. The Morgan fingerprint density at radius 3 is 2.00 bits per heavy atom. The Labute approximate surface area is 139 Å². The summed E-state index contributed by atoms with van der Waals surface area (Å²) in [4.78, 5) is 0.500. The van der Waals surface area contributed by atoms with E-state index in [1.54, 1.807) is 32.0 Å².